The Morgan fingerprint density at radius 3 is 3.00 bits per heavy atom. The van der Waals surface area contributed by atoms with Crippen LogP contribution in [0.2, 0.25) is 0 Å². The Bertz CT molecular complexity index is 422. The molecule has 4 nitrogen and oxygen atoms in total. The fourth-order valence-corrected chi connectivity index (χ4v) is 0.855. The summed E-state index contributed by atoms with van der Waals surface area (Å²) in [6.07, 6.45) is 2.45. The van der Waals surface area contributed by atoms with E-state index in [1.165, 1.54) is 24.3 Å². The van der Waals surface area contributed by atoms with Crippen LogP contribution in [-0.2, 0) is 4.79 Å². The highest BCUT2D eigenvalue weighted by atomic mass is 19.1. The minimum Gasteiger partial charge on any atom is -0.288 e. The Hall–Kier alpha value is -2.13. The van der Waals surface area contributed by atoms with E-state index >= 15 is 0 Å². The van der Waals surface area contributed by atoms with Crippen LogP contribution in [-0.4, -0.2) is 5.91 Å². The Morgan fingerprint density at radius 2 is 2.36 bits per heavy atom. The second kappa shape index (κ2) is 4.79. The summed E-state index contributed by atoms with van der Waals surface area (Å²) in [5.74, 6) is -1.10. The largest absolute Gasteiger partial charge is 0.288 e. The van der Waals surface area contributed by atoms with Gasteiger partial charge in [-0.25, -0.2) is 4.39 Å². The first-order chi connectivity index (χ1) is 6.72. The summed E-state index contributed by atoms with van der Waals surface area (Å²) >= 11 is 0. The smallest absolute Gasteiger partial charge is 0.242 e. The number of amides is 1. The van der Waals surface area contributed by atoms with E-state index < -0.39 is 5.91 Å². The molecule has 1 aromatic rings. The molecule has 0 aliphatic rings. The van der Waals surface area contributed by atoms with Crippen LogP contribution in [0.25, 0.3) is 16.5 Å². The molecule has 0 bridgehead atoms. The number of azide groups is 1. The van der Waals surface area contributed by atoms with Gasteiger partial charge in [0.25, 0.3) is 0 Å². The minimum atomic E-state index is -0.711. The normalized spacial score (nSPS) is 9.79. The van der Waals surface area contributed by atoms with E-state index in [0.717, 1.165) is 6.08 Å². The Balaban J connectivity index is 2.78. The van der Waals surface area contributed by atoms with Crippen LogP contribution < -0.4 is 0 Å². The third kappa shape index (κ3) is 3.08. The number of benzene rings is 1. The lowest BCUT2D eigenvalue weighted by molar-refractivity contribution is -0.113. The van der Waals surface area contributed by atoms with Gasteiger partial charge >= 0.3 is 0 Å². The predicted molar refractivity (Wildman–Crippen MR) is 49.6 cm³/mol. The van der Waals surface area contributed by atoms with Gasteiger partial charge in [-0.2, -0.15) is 0 Å². The van der Waals surface area contributed by atoms with Gasteiger partial charge in [0.15, 0.2) is 0 Å². The summed E-state index contributed by atoms with van der Waals surface area (Å²) in [6.45, 7) is 0. The molecular formula is C9H6FN3O. The van der Waals surface area contributed by atoms with Gasteiger partial charge in [0.1, 0.15) is 5.82 Å². The van der Waals surface area contributed by atoms with Gasteiger partial charge in [0, 0.05) is 4.91 Å². The maximum Gasteiger partial charge on any atom is 0.242 e. The molecule has 1 aromatic carbocycles. The van der Waals surface area contributed by atoms with Gasteiger partial charge < -0.3 is 0 Å². The highest BCUT2D eigenvalue weighted by molar-refractivity contribution is 5.92. The molecule has 0 unspecified atom stereocenters. The van der Waals surface area contributed by atoms with Crippen molar-refractivity contribution in [1.29, 1.82) is 0 Å². The van der Waals surface area contributed by atoms with Crippen LogP contribution in [0.15, 0.2) is 35.5 Å². The molecule has 0 atom stereocenters. The Morgan fingerprint density at radius 1 is 1.57 bits per heavy atom. The first-order valence-electron chi connectivity index (χ1n) is 3.75. The first-order valence-corrected chi connectivity index (χ1v) is 3.75. The molecule has 0 aliphatic carbocycles. The topological polar surface area (TPSA) is 65.8 Å². The molecule has 1 rings (SSSR count). The highest BCUT2D eigenvalue weighted by Crippen LogP contribution is 2.05. The molecule has 0 aromatic heterocycles. The molecule has 0 heterocycles. The number of halogens is 1. The number of carbonyl (C=O) groups excluding carboxylic acids is 1. The Kier molecular flexibility index (Phi) is 3.41. The van der Waals surface area contributed by atoms with Crippen LogP contribution in [0.4, 0.5) is 4.39 Å². The molecule has 0 saturated carbocycles. The molecule has 0 saturated heterocycles. The predicted octanol–water partition coefficient (Wildman–Crippen LogP) is 2.68. The van der Waals surface area contributed by atoms with Crippen molar-refractivity contribution in [3.05, 3.63) is 52.2 Å². The van der Waals surface area contributed by atoms with E-state index in [0.29, 0.717) is 5.56 Å². The number of hydrogen-bond donors (Lipinski definition) is 0. The molecule has 0 spiro atoms. The molecule has 14 heavy (non-hydrogen) atoms. The van der Waals surface area contributed by atoms with Crippen molar-refractivity contribution in [2.24, 2.45) is 5.11 Å². The van der Waals surface area contributed by atoms with Gasteiger partial charge in [0.05, 0.1) is 0 Å². The third-order valence-corrected chi connectivity index (χ3v) is 1.41. The van der Waals surface area contributed by atoms with E-state index in [1.807, 2.05) is 0 Å². The zero-order valence-corrected chi connectivity index (χ0v) is 7.09. The maximum absolute atomic E-state index is 12.6. The summed E-state index contributed by atoms with van der Waals surface area (Å²) in [5, 5.41) is 2.82. The lowest BCUT2D eigenvalue weighted by Crippen LogP contribution is -1.82. The zero-order valence-electron chi connectivity index (χ0n) is 7.09. The molecule has 70 valence electrons. The number of hydrogen-bond acceptors (Lipinski definition) is 1. The standard InChI is InChI=1S/C9H6FN3O/c10-8-3-1-2-7(6-8)4-5-9(14)12-13-11/h1-6H. The fraction of sp³-hybridized carbons (Fsp3) is 0. The SMILES string of the molecule is [N-]=[N+]=NC(=O)C=Cc1cccc(F)c1. The summed E-state index contributed by atoms with van der Waals surface area (Å²) in [7, 11) is 0. The van der Waals surface area contributed by atoms with Crippen molar-refractivity contribution in [1.82, 2.24) is 0 Å². The number of nitrogens with zero attached hydrogens (tertiary/aromatic N) is 3. The zero-order chi connectivity index (χ0) is 10.4. The van der Waals surface area contributed by atoms with Gasteiger partial charge in [-0.1, -0.05) is 18.2 Å². The lowest BCUT2D eigenvalue weighted by Gasteiger charge is -1.91. The van der Waals surface area contributed by atoms with Gasteiger partial charge in [-0.15, -0.1) is 0 Å². The summed E-state index contributed by atoms with van der Waals surface area (Å²) in [5.41, 5.74) is 8.46. The van der Waals surface area contributed by atoms with Crippen LogP contribution in [0.5, 0.6) is 0 Å². The molecule has 0 aliphatic heterocycles. The van der Waals surface area contributed by atoms with Crippen molar-refractivity contribution in [3.8, 4) is 0 Å². The van der Waals surface area contributed by atoms with Crippen molar-refractivity contribution in [3.63, 3.8) is 0 Å². The monoisotopic (exact) mass is 191 g/mol. The van der Waals surface area contributed by atoms with E-state index in [9.17, 15) is 9.18 Å². The first kappa shape index (κ1) is 9.95. The summed E-state index contributed by atoms with van der Waals surface area (Å²) < 4.78 is 12.6. The van der Waals surface area contributed by atoms with Crippen LogP contribution >= 0.6 is 0 Å². The van der Waals surface area contributed by atoms with Crippen molar-refractivity contribution < 1.29 is 9.18 Å². The van der Waals surface area contributed by atoms with E-state index in [1.54, 1.807) is 6.07 Å². The average Bonchev–Trinajstić information content (AvgIpc) is 2.15. The van der Waals surface area contributed by atoms with Crippen molar-refractivity contribution in [2.45, 2.75) is 0 Å². The molecule has 1 amide bonds. The highest BCUT2D eigenvalue weighted by Gasteiger charge is 1.92. The fourth-order valence-electron chi connectivity index (χ4n) is 0.855. The molecule has 0 fully saturated rings. The van der Waals surface area contributed by atoms with Crippen LogP contribution in [0.1, 0.15) is 5.56 Å². The maximum atomic E-state index is 12.6. The molecule has 5 heteroatoms. The number of carbonyl (C=O) groups is 1. The van der Waals surface area contributed by atoms with E-state index in [-0.39, 0.29) is 5.82 Å². The average molecular weight is 191 g/mol. The van der Waals surface area contributed by atoms with Gasteiger partial charge in [-0.05, 0) is 34.4 Å². The van der Waals surface area contributed by atoms with E-state index in [4.69, 9.17) is 5.53 Å². The molecular weight excluding hydrogens is 185 g/mol. The van der Waals surface area contributed by atoms with E-state index in [2.05, 4.69) is 10.0 Å². The second-order valence-corrected chi connectivity index (χ2v) is 2.42. The van der Waals surface area contributed by atoms with Gasteiger partial charge in [0.2, 0.25) is 5.91 Å². The second-order valence-electron chi connectivity index (χ2n) is 2.42. The number of rotatable bonds is 2. The van der Waals surface area contributed by atoms with Crippen LogP contribution in [0, 0.1) is 5.82 Å². The van der Waals surface area contributed by atoms with Gasteiger partial charge in [-0.3, -0.25) is 4.79 Å². The third-order valence-electron chi connectivity index (χ3n) is 1.41. The lowest BCUT2D eigenvalue weighted by atomic mass is 10.2. The summed E-state index contributed by atoms with van der Waals surface area (Å²) in [4.78, 5) is 13.0. The minimum absolute atomic E-state index is 0.386. The van der Waals surface area contributed by atoms with Crippen molar-refractivity contribution in [2.75, 3.05) is 0 Å². The Labute approximate surface area is 79.3 Å². The molecule has 0 radical (unpaired) electrons. The summed E-state index contributed by atoms with van der Waals surface area (Å²) in [6, 6.07) is 5.71. The molecule has 0 N–H and O–H groups in total. The van der Waals surface area contributed by atoms with Crippen LogP contribution in [0.3, 0.4) is 0 Å². The van der Waals surface area contributed by atoms with Crippen molar-refractivity contribution >= 4 is 12.0 Å². The quantitative estimate of drug-likeness (QED) is 0.306.